The molecule has 5 rings (SSSR count). The highest BCUT2D eigenvalue weighted by Gasteiger charge is 2.66. The lowest BCUT2D eigenvalue weighted by Gasteiger charge is -2.64. The van der Waals surface area contributed by atoms with E-state index in [0.29, 0.717) is 38.0 Å². The van der Waals surface area contributed by atoms with Crippen LogP contribution in [0.3, 0.4) is 0 Å². The van der Waals surface area contributed by atoms with Crippen LogP contribution in [-0.4, -0.2) is 94.6 Å². The first-order valence-corrected chi connectivity index (χ1v) is 18.2. The van der Waals surface area contributed by atoms with Crippen LogP contribution in [0, 0.1) is 52.3 Å². The van der Waals surface area contributed by atoms with E-state index >= 15 is 0 Å². The van der Waals surface area contributed by atoms with Crippen LogP contribution in [0.2, 0.25) is 0 Å². The van der Waals surface area contributed by atoms with Gasteiger partial charge >= 0.3 is 10.4 Å². The Morgan fingerprint density at radius 2 is 1.64 bits per heavy atom. The van der Waals surface area contributed by atoms with Gasteiger partial charge in [-0.25, -0.2) is 4.18 Å². The van der Waals surface area contributed by atoms with E-state index in [9.17, 15) is 38.5 Å². The maximum Gasteiger partial charge on any atom is 0.397 e. The molecule has 0 aromatic rings. The van der Waals surface area contributed by atoms with Gasteiger partial charge in [-0.15, -0.1) is 0 Å². The highest BCUT2D eigenvalue weighted by atomic mass is 32.3. The fourth-order valence-corrected chi connectivity index (χ4v) is 11.3. The van der Waals surface area contributed by atoms with Gasteiger partial charge in [0.05, 0.1) is 24.9 Å². The van der Waals surface area contributed by atoms with Crippen molar-refractivity contribution in [3.8, 4) is 0 Å². The topological polar surface area (TPSA) is 183 Å². The molecule has 4 aliphatic carbocycles. The molecular formula is C32H56O11S. The Labute approximate surface area is 262 Å². The maximum absolute atomic E-state index is 11.6. The minimum Gasteiger partial charge on any atom is -0.396 e. The van der Waals surface area contributed by atoms with Crippen molar-refractivity contribution in [2.45, 2.75) is 135 Å². The molecule has 5 fully saturated rings. The molecule has 0 bridgehead atoms. The summed E-state index contributed by atoms with van der Waals surface area (Å²) in [6.45, 7) is 8.77. The first-order valence-electron chi connectivity index (χ1n) is 16.9. The van der Waals surface area contributed by atoms with Gasteiger partial charge < -0.3 is 35.0 Å². The molecule has 0 radical (unpaired) electrons. The van der Waals surface area contributed by atoms with Gasteiger partial charge in [-0.05, 0) is 98.2 Å². The zero-order chi connectivity index (χ0) is 32.2. The zero-order valence-electron chi connectivity index (χ0n) is 26.7. The minimum absolute atomic E-state index is 0.0803. The molecule has 44 heavy (non-hydrogen) atoms. The van der Waals surface area contributed by atoms with Crippen molar-refractivity contribution in [1.82, 2.24) is 0 Å². The molecule has 0 spiro atoms. The van der Waals surface area contributed by atoms with Gasteiger partial charge in [0.2, 0.25) is 0 Å². The number of hydrogen-bond acceptors (Lipinski definition) is 10. The van der Waals surface area contributed by atoms with E-state index in [1.165, 1.54) is 0 Å². The SMILES string of the molecule is CC(C)CCCC(CO)[C@H]1CCC2C3C[C@@H](O)C4C[C@H](OS(=O)(=O)O)CC[C@]4(C)C3C[C@@H](OC3OCC(O)C(O)C3O)[C@@]21C. The second kappa shape index (κ2) is 13.2. The van der Waals surface area contributed by atoms with Gasteiger partial charge in [0.15, 0.2) is 6.29 Å². The standard InChI is InChI=1S/C32H56O11S/c1-17(2)6-5-7-18(15-33)21-8-9-22-20-13-25(34)24-12-19(43-44(38,39)40)10-11-31(24,3)23(20)14-27(32(21,22)4)42-30-29(37)28(36)26(35)16-41-30/h17-30,33-37H,5-16H2,1-4H3,(H,38,39,40)/t18?,19-,20?,21-,22?,23?,24?,25-,26?,27-,28?,29?,30?,31-,32-/m1/s1. The van der Waals surface area contributed by atoms with Crippen molar-refractivity contribution < 1.29 is 52.2 Å². The third kappa shape index (κ3) is 6.51. The van der Waals surface area contributed by atoms with Crippen LogP contribution in [-0.2, 0) is 24.1 Å². The molecule has 6 N–H and O–H groups in total. The first-order chi connectivity index (χ1) is 20.6. The lowest BCUT2D eigenvalue weighted by atomic mass is 9.43. The number of ether oxygens (including phenoxy) is 2. The van der Waals surface area contributed by atoms with E-state index in [2.05, 4.69) is 27.7 Å². The van der Waals surface area contributed by atoms with E-state index in [1.807, 2.05) is 0 Å². The monoisotopic (exact) mass is 648 g/mol. The lowest BCUT2D eigenvalue weighted by Crippen LogP contribution is -2.63. The third-order valence-corrected chi connectivity index (χ3v) is 13.5. The van der Waals surface area contributed by atoms with Crippen LogP contribution >= 0.6 is 0 Å². The normalized spacial score (nSPS) is 48.4. The predicted octanol–water partition coefficient (Wildman–Crippen LogP) is 2.67. The molecule has 5 aliphatic rings. The molecule has 0 amide bonds. The largest absolute Gasteiger partial charge is 0.397 e. The van der Waals surface area contributed by atoms with Gasteiger partial charge in [0, 0.05) is 12.0 Å². The summed E-state index contributed by atoms with van der Waals surface area (Å²) in [5.74, 6) is 1.12. The summed E-state index contributed by atoms with van der Waals surface area (Å²) < 4.78 is 49.7. The van der Waals surface area contributed by atoms with E-state index in [-0.39, 0.29) is 65.7 Å². The highest BCUT2D eigenvalue weighted by Crippen LogP contribution is 2.69. The smallest absolute Gasteiger partial charge is 0.396 e. The van der Waals surface area contributed by atoms with Gasteiger partial charge in [-0.1, -0.05) is 40.5 Å². The van der Waals surface area contributed by atoms with Crippen molar-refractivity contribution in [1.29, 1.82) is 0 Å². The fourth-order valence-electron chi connectivity index (χ4n) is 10.7. The molecule has 1 saturated heterocycles. The molecule has 11 nitrogen and oxygen atoms in total. The summed E-state index contributed by atoms with van der Waals surface area (Å²) in [5, 5.41) is 53.6. The van der Waals surface area contributed by atoms with Crippen molar-refractivity contribution in [2.24, 2.45) is 52.3 Å². The van der Waals surface area contributed by atoms with Crippen molar-refractivity contribution in [3.05, 3.63) is 0 Å². The van der Waals surface area contributed by atoms with Crippen LogP contribution in [0.15, 0.2) is 0 Å². The average molecular weight is 649 g/mol. The Kier molecular flexibility index (Phi) is 10.5. The molecule has 15 atom stereocenters. The van der Waals surface area contributed by atoms with Crippen LogP contribution < -0.4 is 0 Å². The number of aliphatic hydroxyl groups is 5. The summed E-state index contributed by atoms with van der Waals surface area (Å²) in [7, 11) is -4.61. The van der Waals surface area contributed by atoms with E-state index in [1.54, 1.807) is 0 Å². The average Bonchev–Trinajstić information content (AvgIpc) is 3.30. The number of hydrogen-bond donors (Lipinski definition) is 6. The maximum atomic E-state index is 11.6. The molecule has 0 aromatic heterocycles. The van der Waals surface area contributed by atoms with Gasteiger partial charge in [0.1, 0.15) is 18.3 Å². The number of aliphatic hydroxyl groups excluding tert-OH is 5. The Hall–Kier alpha value is -0.410. The molecule has 256 valence electrons. The van der Waals surface area contributed by atoms with Crippen LogP contribution in [0.4, 0.5) is 0 Å². The molecule has 1 aliphatic heterocycles. The highest BCUT2D eigenvalue weighted by molar-refractivity contribution is 7.80. The van der Waals surface area contributed by atoms with E-state index < -0.39 is 47.2 Å². The summed E-state index contributed by atoms with van der Waals surface area (Å²) in [6, 6.07) is 0. The lowest BCUT2D eigenvalue weighted by molar-refractivity contribution is -0.312. The Morgan fingerprint density at radius 1 is 0.909 bits per heavy atom. The zero-order valence-corrected chi connectivity index (χ0v) is 27.5. The quantitative estimate of drug-likeness (QED) is 0.151. The fraction of sp³-hybridized carbons (Fsp3) is 1.00. The van der Waals surface area contributed by atoms with Crippen LogP contribution in [0.25, 0.3) is 0 Å². The summed E-state index contributed by atoms with van der Waals surface area (Å²) in [4.78, 5) is 0. The molecular weight excluding hydrogens is 592 g/mol. The first kappa shape index (κ1) is 34.9. The van der Waals surface area contributed by atoms with E-state index in [0.717, 1.165) is 32.1 Å². The molecule has 4 saturated carbocycles. The van der Waals surface area contributed by atoms with Crippen molar-refractivity contribution in [3.63, 3.8) is 0 Å². The van der Waals surface area contributed by atoms with Crippen molar-refractivity contribution >= 4 is 10.4 Å². The Balaban J connectivity index is 1.46. The predicted molar refractivity (Wildman–Crippen MR) is 160 cm³/mol. The van der Waals surface area contributed by atoms with Crippen LogP contribution in [0.1, 0.15) is 91.9 Å². The molecule has 12 heteroatoms. The number of rotatable bonds is 10. The van der Waals surface area contributed by atoms with Gasteiger partial charge in [-0.2, -0.15) is 8.42 Å². The second-order valence-electron chi connectivity index (χ2n) is 15.6. The molecule has 1 heterocycles. The Bertz CT molecular complexity index is 1090. The third-order valence-electron chi connectivity index (χ3n) is 12.9. The van der Waals surface area contributed by atoms with Crippen molar-refractivity contribution in [2.75, 3.05) is 13.2 Å². The van der Waals surface area contributed by atoms with Gasteiger partial charge in [0.25, 0.3) is 0 Å². The minimum atomic E-state index is -4.61. The second-order valence-corrected chi connectivity index (χ2v) is 16.7. The van der Waals surface area contributed by atoms with E-state index in [4.69, 9.17) is 13.7 Å². The molecule has 9 unspecified atom stereocenters. The summed E-state index contributed by atoms with van der Waals surface area (Å²) in [6.07, 6.45) is 0.644. The van der Waals surface area contributed by atoms with Gasteiger partial charge in [-0.3, -0.25) is 4.55 Å². The summed E-state index contributed by atoms with van der Waals surface area (Å²) >= 11 is 0. The number of fused-ring (bicyclic) bond motifs is 5. The Morgan fingerprint density at radius 3 is 2.30 bits per heavy atom. The summed E-state index contributed by atoms with van der Waals surface area (Å²) in [5.41, 5.74) is -0.720. The molecule has 0 aromatic carbocycles. The van der Waals surface area contributed by atoms with Crippen LogP contribution in [0.5, 0.6) is 0 Å².